The van der Waals surface area contributed by atoms with Crippen molar-refractivity contribution in [3.63, 3.8) is 0 Å². The SMILES string of the molecule is CC1CCOC1C(Cl)c1csc2c(Br)cccc12. The fourth-order valence-corrected chi connectivity index (χ4v) is 4.76. The number of rotatable bonds is 2. The van der Waals surface area contributed by atoms with Crippen LogP contribution in [0.25, 0.3) is 10.1 Å². The molecule has 0 saturated carbocycles. The number of benzene rings is 1. The molecule has 1 aromatic heterocycles. The van der Waals surface area contributed by atoms with Gasteiger partial charge in [-0.3, -0.25) is 0 Å². The quantitative estimate of drug-likeness (QED) is 0.665. The normalized spacial score (nSPS) is 25.7. The number of thiophene rings is 1. The molecule has 1 saturated heterocycles. The van der Waals surface area contributed by atoms with Gasteiger partial charge in [0, 0.05) is 15.8 Å². The molecule has 0 N–H and O–H groups in total. The first-order valence-corrected chi connectivity index (χ1v) is 8.20. The van der Waals surface area contributed by atoms with Gasteiger partial charge in [-0.2, -0.15) is 0 Å². The smallest absolute Gasteiger partial charge is 0.0863 e. The van der Waals surface area contributed by atoms with Gasteiger partial charge >= 0.3 is 0 Å². The van der Waals surface area contributed by atoms with Crippen molar-refractivity contribution < 1.29 is 4.74 Å². The van der Waals surface area contributed by atoms with E-state index in [1.54, 1.807) is 11.3 Å². The minimum atomic E-state index is -0.0504. The number of alkyl halides is 1. The van der Waals surface area contributed by atoms with Crippen molar-refractivity contribution in [2.45, 2.75) is 24.8 Å². The van der Waals surface area contributed by atoms with Crippen molar-refractivity contribution in [3.8, 4) is 0 Å². The summed E-state index contributed by atoms with van der Waals surface area (Å²) in [4.78, 5) is 0. The van der Waals surface area contributed by atoms with E-state index in [-0.39, 0.29) is 11.5 Å². The molecule has 0 amide bonds. The second-order valence-electron chi connectivity index (χ2n) is 4.81. The van der Waals surface area contributed by atoms with Crippen molar-refractivity contribution in [2.24, 2.45) is 5.92 Å². The predicted octanol–water partition coefficient (Wildman–Crippen LogP) is 5.37. The van der Waals surface area contributed by atoms with Gasteiger partial charge in [0.05, 0.1) is 11.5 Å². The number of ether oxygens (including phenoxy) is 1. The van der Waals surface area contributed by atoms with Gasteiger partial charge in [0.25, 0.3) is 0 Å². The maximum absolute atomic E-state index is 6.65. The second-order valence-corrected chi connectivity index (χ2v) is 7.01. The number of halogens is 2. The van der Waals surface area contributed by atoms with E-state index in [0.717, 1.165) is 17.5 Å². The minimum absolute atomic E-state index is 0.0504. The van der Waals surface area contributed by atoms with Crippen LogP contribution in [0.2, 0.25) is 0 Å². The van der Waals surface area contributed by atoms with Crippen LogP contribution in [0.3, 0.4) is 0 Å². The third-order valence-corrected chi connectivity index (χ3v) is 6.07. The first kappa shape index (κ1) is 12.9. The molecule has 96 valence electrons. The maximum atomic E-state index is 6.65. The lowest BCUT2D eigenvalue weighted by atomic mass is 9.97. The van der Waals surface area contributed by atoms with Crippen molar-refractivity contribution in [1.29, 1.82) is 0 Å². The molecular weight excluding hydrogens is 332 g/mol. The predicted molar refractivity (Wildman–Crippen MR) is 81.6 cm³/mol. The average Bonchev–Trinajstić information content (AvgIpc) is 2.95. The van der Waals surface area contributed by atoms with Crippen LogP contribution in [0, 0.1) is 5.92 Å². The van der Waals surface area contributed by atoms with Gasteiger partial charge in [-0.25, -0.2) is 0 Å². The molecule has 3 unspecified atom stereocenters. The summed E-state index contributed by atoms with van der Waals surface area (Å²) in [6.07, 6.45) is 1.25. The Morgan fingerprint density at radius 2 is 2.33 bits per heavy atom. The zero-order chi connectivity index (χ0) is 12.7. The van der Waals surface area contributed by atoms with Crippen LogP contribution in [-0.4, -0.2) is 12.7 Å². The largest absolute Gasteiger partial charge is 0.376 e. The monoisotopic (exact) mass is 344 g/mol. The number of fused-ring (bicyclic) bond motifs is 1. The Morgan fingerprint density at radius 3 is 3.06 bits per heavy atom. The highest BCUT2D eigenvalue weighted by Gasteiger charge is 2.33. The third kappa shape index (κ3) is 2.11. The van der Waals surface area contributed by atoms with E-state index >= 15 is 0 Å². The summed E-state index contributed by atoms with van der Waals surface area (Å²) in [5, 5.41) is 3.37. The maximum Gasteiger partial charge on any atom is 0.0863 e. The molecule has 1 nitrogen and oxygen atoms in total. The first-order valence-electron chi connectivity index (χ1n) is 6.10. The lowest BCUT2D eigenvalue weighted by Gasteiger charge is -2.20. The molecule has 2 heterocycles. The molecule has 1 aromatic carbocycles. The van der Waals surface area contributed by atoms with E-state index in [2.05, 4.69) is 46.4 Å². The molecule has 18 heavy (non-hydrogen) atoms. The van der Waals surface area contributed by atoms with E-state index in [0.29, 0.717) is 5.92 Å². The zero-order valence-corrected chi connectivity index (χ0v) is 13.2. The van der Waals surface area contributed by atoms with Crippen molar-refractivity contribution >= 4 is 49.0 Å². The summed E-state index contributed by atoms with van der Waals surface area (Å²) >= 11 is 12.0. The van der Waals surface area contributed by atoms with Gasteiger partial charge in [-0.15, -0.1) is 22.9 Å². The molecule has 3 rings (SSSR count). The Hall–Kier alpha value is -0.0900. The van der Waals surface area contributed by atoms with Gasteiger partial charge in [0.15, 0.2) is 0 Å². The molecule has 2 aromatic rings. The highest BCUT2D eigenvalue weighted by Crippen LogP contribution is 2.42. The third-order valence-electron chi connectivity index (χ3n) is 3.61. The summed E-state index contributed by atoms with van der Waals surface area (Å²) in [7, 11) is 0. The number of hydrogen-bond acceptors (Lipinski definition) is 2. The van der Waals surface area contributed by atoms with Crippen LogP contribution in [0.15, 0.2) is 28.1 Å². The number of hydrogen-bond donors (Lipinski definition) is 0. The Labute approximate surface area is 124 Å². The molecule has 1 fully saturated rings. The Kier molecular flexibility index (Phi) is 3.68. The van der Waals surface area contributed by atoms with E-state index < -0.39 is 0 Å². The second kappa shape index (κ2) is 5.12. The summed E-state index contributed by atoms with van der Waals surface area (Å²) in [6.45, 7) is 3.05. The van der Waals surface area contributed by atoms with E-state index in [1.165, 1.54) is 15.6 Å². The van der Waals surface area contributed by atoms with E-state index in [1.807, 2.05) is 0 Å². The van der Waals surface area contributed by atoms with Crippen LogP contribution < -0.4 is 0 Å². The fourth-order valence-electron chi connectivity index (χ4n) is 2.52. The molecule has 0 spiro atoms. The standard InChI is InChI=1S/C14H14BrClOS/c1-8-5-6-17-13(8)12(16)10-7-18-14-9(10)3-2-4-11(14)15/h2-4,7-8,12-13H,5-6H2,1H3. The highest BCUT2D eigenvalue weighted by molar-refractivity contribution is 9.10. The first-order chi connectivity index (χ1) is 8.68. The molecule has 3 atom stereocenters. The van der Waals surface area contributed by atoms with Gasteiger partial charge < -0.3 is 4.74 Å². The van der Waals surface area contributed by atoms with Gasteiger partial charge in [-0.05, 0) is 50.7 Å². The molecule has 1 aliphatic heterocycles. The molecule has 0 bridgehead atoms. The molecule has 0 aliphatic carbocycles. The topological polar surface area (TPSA) is 9.23 Å². The van der Waals surface area contributed by atoms with Gasteiger partial charge in [0.2, 0.25) is 0 Å². The average molecular weight is 346 g/mol. The van der Waals surface area contributed by atoms with Crippen molar-refractivity contribution in [1.82, 2.24) is 0 Å². The lowest BCUT2D eigenvalue weighted by Crippen LogP contribution is -2.19. The van der Waals surface area contributed by atoms with E-state index in [9.17, 15) is 0 Å². The molecular formula is C14H14BrClOS. The zero-order valence-electron chi connectivity index (χ0n) is 10.0. The summed E-state index contributed by atoms with van der Waals surface area (Å²) in [5.41, 5.74) is 1.21. The fraction of sp³-hybridized carbons (Fsp3) is 0.429. The molecule has 1 aliphatic rings. The van der Waals surface area contributed by atoms with Crippen LogP contribution in [0.1, 0.15) is 24.3 Å². The van der Waals surface area contributed by atoms with Gasteiger partial charge in [-0.1, -0.05) is 19.1 Å². The van der Waals surface area contributed by atoms with E-state index in [4.69, 9.17) is 16.3 Å². The Morgan fingerprint density at radius 1 is 1.50 bits per heavy atom. The summed E-state index contributed by atoms with van der Waals surface area (Å²) < 4.78 is 8.20. The van der Waals surface area contributed by atoms with Crippen LogP contribution in [0.4, 0.5) is 0 Å². The molecule has 0 radical (unpaired) electrons. The van der Waals surface area contributed by atoms with Crippen molar-refractivity contribution in [3.05, 3.63) is 33.6 Å². The van der Waals surface area contributed by atoms with Crippen LogP contribution in [-0.2, 0) is 4.74 Å². The minimum Gasteiger partial charge on any atom is -0.376 e. The Bertz CT molecular complexity index is 568. The van der Waals surface area contributed by atoms with Crippen LogP contribution in [0.5, 0.6) is 0 Å². The van der Waals surface area contributed by atoms with Gasteiger partial charge in [0.1, 0.15) is 0 Å². The molecule has 4 heteroatoms. The Balaban J connectivity index is 2.01. The lowest BCUT2D eigenvalue weighted by molar-refractivity contribution is 0.0907. The summed E-state index contributed by atoms with van der Waals surface area (Å²) in [5.74, 6) is 0.537. The summed E-state index contributed by atoms with van der Waals surface area (Å²) in [6, 6.07) is 6.27. The highest BCUT2D eigenvalue weighted by atomic mass is 79.9. The van der Waals surface area contributed by atoms with Crippen molar-refractivity contribution in [2.75, 3.05) is 6.61 Å². The van der Waals surface area contributed by atoms with Crippen LogP contribution >= 0.6 is 38.9 Å².